The first-order valence-electron chi connectivity index (χ1n) is 6.13. The van der Waals surface area contributed by atoms with Crippen LogP contribution in [0.2, 0.25) is 5.02 Å². The minimum atomic E-state index is -0.531. The lowest BCUT2D eigenvalue weighted by molar-refractivity contribution is -0.384. The van der Waals surface area contributed by atoms with Crippen molar-refractivity contribution in [2.75, 3.05) is 7.05 Å². The van der Waals surface area contributed by atoms with Crippen LogP contribution < -0.4 is 0 Å². The molecule has 0 bridgehead atoms. The van der Waals surface area contributed by atoms with Crippen molar-refractivity contribution in [3.63, 3.8) is 0 Å². The molecule has 1 aliphatic carbocycles. The van der Waals surface area contributed by atoms with Crippen LogP contribution in [0.4, 0.5) is 5.69 Å². The van der Waals surface area contributed by atoms with Crippen LogP contribution in [0.25, 0.3) is 0 Å². The van der Waals surface area contributed by atoms with Crippen molar-refractivity contribution in [3.05, 3.63) is 38.9 Å². The zero-order valence-electron chi connectivity index (χ0n) is 10.8. The predicted molar refractivity (Wildman–Crippen MR) is 72.4 cm³/mol. The number of nitro groups is 1. The Bertz CT molecular complexity index is 529. The van der Waals surface area contributed by atoms with Gasteiger partial charge in [-0.05, 0) is 31.7 Å². The number of nitrogens with zero attached hydrogens (tertiary/aromatic N) is 2. The van der Waals surface area contributed by atoms with Crippen LogP contribution in [-0.2, 0) is 0 Å². The molecular formula is C13H15ClN2O3. The van der Waals surface area contributed by atoms with Crippen LogP contribution in [0.1, 0.15) is 30.1 Å². The fourth-order valence-corrected chi connectivity index (χ4v) is 2.32. The van der Waals surface area contributed by atoms with Crippen molar-refractivity contribution >= 4 is 23.2 Å². The predicted octanol–water partition coefficient (Wildman–Crippen LogP) is 3.12. The Kier molecular flexibility index (Phi) is 3.75. The largest absolute Gasteiger partial charge is 0.339 e. The lowest BCUT2D eigenvalue weighted by atomic mass is 10.1. The topological polar surface area (TPSA) is 63.5 Å². The lowest BCUT2D eigenvalue weighted by Gasteiger charge is -2.25. The summed E-state index contributed by atoms with van der Waals surface area (Å²) < 4.78 is 0. The van der Waals surface area contributed by atoms with E-state index in [2.05, 4.69) is 0 Å². The van der Waals surface area contributed by atoms with E-state index in [0.29, 0.717) is 11.5 Å². The number of rotatable bonds is 4. The Balaban J connectivity index is 2.21. The van der Waals surface area contributed by atoms with Crippen LogP contribution in [0, 0.1) is 16.0 Å². The van der Waals surface area contributed by atoms with Crippen LogP contribution in [0.5, 0.6) is 0 Å². The minimum absolute atomic E-state index is 0.112. The number of carbonyl (C=O) groups is 1. The third-order valence-electron chi connectivity index (χ3n) is 3.63. The number of benzene rings is 1. The molecule has 1 saturated carbocycles. The van der Waals surface area contributed by atoms with Crippen molar-refractivity contribution < 1.29 is 9.72 Å². The highest BCUT2D eigenvalue weighted by Gasteiger charge is 2.33. The molecule has 102 valence electrons. The van der Waals surface area contributed by atoms with Gasteiger partial charge >= 0.3 is 0 Å². The van der Waals surface area contributed by atoms with Gasteiger partial charge in [0.05, 0.1) is 15.5 Å². The molecule has 5 nitrogen and oxygen atoms in total. The van der Waals surface area contributed by atoms with Gasteiger partial charge in [-0.2, -0.15) is 0 Å². The molecule has 1 amide bonds. The second-order valence-electron chi connectivity index (χ2n) is 4.92. The molecule has 1 aliphatic rings. The van der Waals surface area contributed by atoms with E-state index in [1.54, 1.807) is 11.9 Å². The summed E-state index contributed by atoms with van der Waals surface area (Å²) in [4.78, 5) is 24.0. The summed E-state index contributed by atoms with van der Waals surface area (Å²) in [6, 6.07) is 4.09. The molecule has 19 heavy (non-hydrogen) atoms. The second-order valence-corrected chi connectivity index (χ2v) is 5.32. The van der Waals surface area contributed by atoms with E-state index in [1.807, 2.05) is 6.92 Å². The van der Waals surface area contributed by atoms with Crippen molar-refractivity contribution in [1.82, 2.24) is 4.90 Å². The number of carbonyl (C=O) groups excluding carboxylic acids is 1. The van der Waals surface area contributed by atoms with E-state index in [1.165, 1.54) is 18.2 Å². The van der Waals surface area contributed by atoms with E-state index in [4.69, 9.17) is 11.6 Å². The standard InChI is InChI=1S/C13H15ClN2O3/c1-8(9-3-4-9)15(2)13(17)11-6-5-10(16(18)19)7-12(11)14/h5-9H,3-4H2,1-2H3. The van der Waals surface area contributed by atoms with Gasteiger partial charge in [-0.25, -0.2) is 0 Å². The highest BCUT2D eigenvalue weighted by molar-refractivity contribution is 6.34. The maximum atomic E-state index is 12.3. The first kappa shape index (κ1) is 13.8. The molecule has 0 aromatic heterocycles. The molecule has 6 heteroatoms. The summed E-state index contributed by atoms with van der Waals surface area (Å²) in [7, 11) is 1.74. The molecule has 1 fully saturated rings. The molecule has 0 saturated heterocycles. The summed E-state index contributed by atoms with van der Waals surface area (Å²) in [6.45, 7) is 2.01. The van der Waals surface area contributed by atoms with E-state index in [-0.39, 0.29) is 22.7 Å². The summed E-state index contributed by atoms with van der Waals surface area (Å²) >= 11 is 5.96. The molecule has 0 N–H and O–H groups in total. The molecular weight excluding hydrogens is 268 g/mol. The summed E-state index contributed by atoms with van der Waals surface area (Å²) in [6.07, 6.45) is 2.29. The first-order chi connectivity index (χ1) is 8.91. The van der Waals surface area contributed by atoms with Crippen molar-refractivity contribution in [2.24, 2.45) is 5.92 Å². The number of non-ortho nitro benzene ring substituents is 1. The number of hydrogen-bond acceptors (Lipinski definition) is 3. The average molecular weight is 283 g/mol. The molecule has 1 atom stereocenters. The summed E-state index contributed by atoms with van der Waals surface area (Å²) in [5.74, 6) is 0.366. The molecule has 1 unspecified atom stereocenters. The Hall–Kier alpha value is -1.62. The zero-order chi connectivity index (χ0) is 14.2. The Morgan fingerprint density at radius 2 is 2.16 bits per heavy atom. The Labute approximate surface area is 116 Å². The van der Waals surface area contributed by atoms with Gasteiger partial charge in [-0.15, -0.1) is 0 Å². The smallest absolute Gasteiger partial charge is 0.270 e. The maximum Gasteiger partial charge on any atom is 0.270 e. The van der Waals surface area contributed by atoms with E-state index >= 15 is 0 Å². The van der Waals surface area contributed by atoms with Gasteiger partial charge < -0.3 is 4.90 Å². The van der Waals surface area contributed by atoms with Gasteiger partial charge in [0.2, 0.25) is 0 Å². The summed E-state index contributed by atoms with van der Waals surface area (Å²) in [5.41, 5.74) is 0.196. The van der Waals surface area contributed by atoms with Crippen molar-refractivity contribution in [1.29, 1.82) is 0 Å². The summed E-state index contributed by atoms with van der Waals surface area (Å²) in [5, 5.41) is 10.7. The van der Waals surface area contributed by atoms with Gasteiger partial charge in [0.15, 0.2) is 0 Å². The number of halogens is 1. The maximum absolute atomic E-state index is 12.3. The second kappa shape index (κ2) is 5.17. The fourth-order valence-electron chi connectivity index (χ4n) is 2.06. The van der Waals surface area contributed by atoms with E-state index in [0.717, 1.165) is 12.8 Å². The number of nitro benzene ring substituents is 1. The Morgan fingerprint density at radius 1 is 1.53 bits per heavy atom. The van der Waals surface area contributed by atoms with Gasteiger partial charge in [0, 0.05) is 25.2 Å². The third-order valence-corrected chi connectivity index (χ3v) is 3.94. The van der Waals surface area contributed by atoms with E-state index in [9.17, 15) is 14.9 Å². The highest BCUT2D eigenvalue weighted by Crippen LogP contribution is 2.35. The molecule has 1 aromatic carbocycles. The Morgan fingerprint density at radius 3 is 2.63 bits per heavy atom. The molecule has 1 aromatic rings. The highest BCUT2D eigenvalue weighted by atomic mass is 35.5. The average Bonchev–Trinajstić information content (AvgIpc) is 3.20. The van der Waals surface area contributed by atoms with Gasteiger partial charge in [-0.3, -0.25) is 14.9 Å². The molecule has 0 aliphatic heterocycles. The van der Waals surface area contributed by atoms with Gasteiger partial charge in [0.25, 0.3) is 11.6 Å². The third kappa shape index (κ3) is 2.87. The number of hydrogen-bond donors (Lipinski definition) is 0. The van der Waals surface area contributed by atoms with Crippen molar-refractivity contribution in [2.45, 2.75) is 25.8 Å². The monoisotopic (exact) mass is 282 g/mol. The molecule has 2 rings (SSSR count). The molecule has 0 heterocycles. The van der Waals surface area contributed by atoms with Crippen LogP contribution in [-0.4, -0.2) is 28.8 Å². The van der Waals surface area contributed by atoms with Crippen molar-refractivity contribution in [3.8, 4) is 0 Å². The SMILES string of the molecule is CC(C1CC1)N(C)C(=O)c1ccc([N+](=O)[O-])cc1Cl. The first-order valence-corrected chi connectivity index (χ1v) is 6.50. The normalized spacial score (nSPS) is 15.9. The zero-order valence-corrected chi connectivity index (χ0v) is 11.6. The van der Waals surface area contributed by atoms with Crippen LogP contribution >= 0.6 is 11.6 Å². The van der Waals surface area contributed by atoms with Gasteiger partial charge in [-0.1, -0.05) is 11.6 Å². The quantitative estimate of drug-likeness (QED) is 0.629. The molecule has 0 spiro atoms. The lowest BCUT2D eigenvalue weighted by Crippen LogP contribution is -2.36. The fraction of sp³-hybridized carbons (Fsp3) is 0.462. The number of amides is 1. The van der Waals surface area contributed by atoms with Crippen LogP contribution in [0.3, 0.4) is 0 Å². The van der Waals surface area contributed by atoms with Crippen LogP contribution in [0.15, 0.2) is 18.2 Å². The van der Waals surface area contributed by atoms with Gasteiger partial charge in [0.1, 0.15) is 0 Å². The molecule has 0 radical (unpaired) electrons. The minimum Gasteiger partial charge on any atom is -0.339 e. The van der Waals surface area contributed by atoms with E-state index < -0.39 is 4.92 Å².